The molecule has 0 aromatic carbocycles. The number of nitrogens with one attached hydrogen (secondary N) is 1. The highest BCUT2D eigenvalue weighted by Crippen LogP contribution is 2.21. The number of hydrogen-bond acceptors (Lipinski definition) is 5. The number of carbonyl (C=O) groups is 1. The first kappa shape index (κ1) is 12.2. The van der Waals surface area contributed by atoms with Crippen LogP contribution < -0.4 is 5.32 Å². The number of halogens is 1. The van der Waals surface area contributed by atoms with Gasteiger partial charge in [0.1, 0.15) is 5.38 Å². The molecule has 2 heterocycles. The molecular formula is C10H15ClN4O2. The van der Waals surface area contributed by atoms with Gasteiger partial charge < -0.3 is 14.6 Å². The summed E-state index contributed by atoms with van der Waals surface area (Å²) in [4.78, 5) is 13.0. The molecule has 17 heavy (non-hydrogen) atoms. The van der Waals surface area contributed by atoms with Gasteiger partial charge in [0.25, 0.3) is 0 Å². The third kappa shape index (κ3) is 2.88. The summed E-state index contributed by atoms with van der Waals surface area (Å²) < 4.78 is 5.34. The zero-order valence-electron chi connectivity index (χ0n) is 9.81. The molecule has 1 aromatic rings. The molecule has 2 atom stereocenters. The van der Waals surface area contributed by atoms with E-state index in [9.17, 15) is 4.79 Å². The second-order valence-corrected chi connectivity index (χ2v) is 4.87. The monoisotopic (exact) mass is 258 g/mol. The Bertz CT molecular complexity index is 407. The topological polar surface area (TPSA) is 71.3 Å². The highest BCUT2D eigenvalue weighted by atomic mass is 35.5. The summed E-state index contributed by atoms with van der Waals surface area (Å²) in [5.74, 6) is 0.568. The molecule has 0 aliphatic carbocycles. The van der Waals surface area contributed by atoms with Gasteiger partial charge >= 0.3 is 6.01 Å². The van der Waals surface area contributed by atoms with Gasteiger partial charge in [-0.05, 0) is 13.3 Å². The summed E-state index contributed by atoms with van der Waals surface area (Å²) in [5, 5.41) is 10.5. The molecule has 0 saturated carbocycles. The van der Waals surface area contributed by atoms with Crippen LogP contribution in [0.3, 0.4) is 0 Å². The maximum Gasteiger partial charge on any atom is 0.315 e. The molecule has 94 valence electrons. The molecule has 0 spiro atoms. The van der Waals surface area contributed by atoms with Gasteiger partial charge in [-0.1, -0.05) is 5.10 Å². The average Bonchev–Trinajstić information content (AvgIpc) is 2.72. The van der Waals surface area contributed by atoms with E-state index in [-0.39, 0.29) is 17.3 Å². The first-order chi connectivity index (χ1) is 8.06. The Morgan fingerprint density at radius 2 is 2.35 bits per heavy atom. The Kier molecular flexibility index (Phi) is 3.51. The molecule has 1 aromatic heterocycles. The molecule has 0 bridgehead atoms. The molecule has 6 nitrogen and oxygen atoms in total. The fourth-order valence-corrected chi connectivity index (χ4v) is 1.85. The molecule has 1 N–H and O–H groups in total. The number of aromatic nitrogens is 2. The molecule has 1 amide bonds. The van der Waals surface area contributed by atoms with Gasteiger partial charge in [-0.2, -0.15) is 0 Å². The predicted molar refractivity (Wildman–Crippen MR) is 62.8 cm³/mol. The molecule has 1 aliphatic rings. The maximum atomic E-state index is 11.3. The lowest BCUT2D eigenvalue weighted by atomic mass is 10.1. The van der Waals surface area contributed by atoms with E-state index in [1.807, 2.05) is 0 Å². The zero-order chi connectivity index (χ0) is 12.4. The van der Waals surface area contributed by atoms with Crippen LogP contribution in [0.1, 0.15) is 31.0 Å². The number of alkyl halides is 1. The van der Waals surface area contributed by atoms with E-state index in [0.29, 0.717) is 24.9 Å². The van der Waals surface area contributed by atoms with Crippen molar-refractivity contribution in [1.82, 2.24) is 15.1 Å². The smallest absolute Gasteiger partial charge is 0.315 e. The summed E-state index contributed by atoms with van der Waals surface area (Å²) in [6, 6.07) is 0.511. The summed E-state index contributed by atoms with van der Waals surface area (Å²) in [6.45, 7) is 2.42. The van der Waals surface area contributed by atoms with Crippen molar-refractivity contribution in [1.29, 1.82) is 0 Å². The second-order valence-electron chi connectivity index (χ2n) is 4.22. The normalized spacial score (nSPS) is 22.6. The van der Waals surface area contributed by atoms with Gasteiger partial charge in [0.2, 0.25) is 11.8 Å². The first-order valence-corrected chi connectivity index (χ1v) is 5.98. The van der Waals surface area contributed by atoms with Gasteiger partial charge in [-0.3, -0.25) is 4.79 Å². The minimum absolute atomic E-state index is 0.150. The van der Waals surface area contributed by atoms with Gasteiger partial charge in [0.05, 0.1) is 0 Å². The van der Waals surface area contributed by atoms with Crippen molar-refractivity contribution in [2.24, 2.45) is 0 Å². The molecule has 7 heteroatoms. The van der Waals surface area contributed by atoms with E-state index in [2.05, 4.69) is 15.5 Å². The Labute approximate surface area is 104 Å². The minimum Gasteiger partial charge on any atom is -0.406 e. The number of likely N-dealkylation sites (tertiary alicyclic amines) is 1. The van der Waals surface area contributed by atoms with E-state index >= 15 is 0 Å². The Morgan fingerprint density at radius 1 is 1.59 bits per heavy atom. The van der Waals surface area contributed by atoms with Crippen molar-refractivity contribution >= 4 is 23.5 Å². The van der Waals surface area contributed by atoms with Crippen LogP contribution in [-0.4, -0.2) is 40.6 Å². The highest BCUT2D eigenvalue weighted by molar-refractivity contribution is 6.20. The Morgan fingerprint density at radius 3 is 2.94 bits per heavy atom. The Balaban J connectivity index is 1.94. The third-order valence-electron chi connectivity index (χ3n) is 2.74. The van der Waals surface area contributed by atoms with Gasteiger partial charge in [0, 0.05) is 26.1 Å². The molecule has 1 saturated heterocycles. The zero-order valence-corrected chi connectivity index (χ0v) is 10.6. The molecular weight excluding hydrogens is 244 g/mol. The second kappa shape index (κ2) is 4.91. The van der Waals surface area contributed by atoms with Crippen LogP contribution in [0, 0.1) is 0 Å². The Hall–Kier alpha value is -1.30. The lowest BCUT2D eigenvalue weighted by molar-refractivity contribution is -0.132. The third-order valence-corrected chi connectivity index (χ3v) is 2.92. The molecule has 2 unspecified atom stereocenters. The fourth-order valence-electron chi connectivity index (χ4n) is 1.76. The molecule has 0 radical (unpaired) electrons. The number of piperidine rings is 1. The maximum absolute atomic E-state index is 11.3. The van der Waals surface area contributed by atoms with Crippen LogP contribution in [0.4, 0.5) is 6.01 Å². The summed E-state index contributed by atoms with van der Waals surface area (Å²) in [6.07, 6.45) is 1.32. The summed E-state index contributed by atoms with van der Waals surface area (Å²) in [5.41, 5.74) is 0. The van der Waals surface area contributed by atoms with Gasteiger partial charge in [-0.15, -0.1) is 16.7 Å². The van der Waals surface area contributed by atoms with Gasteiger partial charge in [-0.25, -0.2) is 0 Å². The van der Waals surface area contributed by atoms with Crippen LogP contribution in [0.25, 0.3) is 0 Å². The van der Waals surface area contributed by atoms with Crippen molar-refractivity contribution in [3.8, 4) is 0 Å². The number of rotatable bonds is 3. The van der Waals surface area contributed by atoms with Crippen molar-refractivity contribution in [2.75, 3.05) is 18.9 Å². The summed E-state index contributed by atoms with van der Waals surface area (Å²) in [7, 11) is 1.79. The van der Waals surface area contributed by atoms with Crippen LogP contribution in [0.2, 0.25) is 0 Å². The number of likely N-dealkylation sites (N-methyl/N-ethyl adjacent to an activating group) is 1. The number of anilines is 1. The number of carbonyl (C=O) groups excluding carboxylic acids is 1. The largest absolute Gasteiger partial charge is 0.406 e. The van der Waals surface area contributed by atoms with E-state index in [4.69, 9.17) is 16.0 Å². The van der Waals surface area contributed by atoms with Crippen LogP contribution in [0.15, 0.2) is 4.42 Å². The number of hydrogen-bond donors (Lipinski definition) is 1. The predicted octanol–water partition coefficient (Wildman–Crippen LogP) is 1.40. The highest BCUT2D eigenvalue weighted by Gasteiger charge is 2.24. The van der Waals surface area contributed by atoms with Gasteiger partial charge in [0.15, 0.2) is 0 Å². The summed E-state index contributed by atoms with van der Waals surface area (Å²) >= 11 is 5.82. The van der Waals surface area contributed by atoms with Crippen molar-refractivity contribution in [3.05, 3.63) is 5.89 Å². The van der Waals surface area contributed by atoms with Crippen LogP contribution >= 0.6 is 11.6 Å². The van der Waals surface area contributed by atoms with E-state index in [1.165, 1.54) is 0 Å². The minimum atomic E-state index is -0.298. The number of amides is 1. The van der Waals surface area contributed by atoms with E-state index in [0.717, 1.165) is 6.42 Å². The van der Waals surface area contributed by atoms with E-state index in [1.54, 1.807) is 18.9 Å². The average molecular weight is 259 g/mol. The quantitative estimate of drug-likeness (QED) is 0.830. The molecule has 1 fully saturated rings. The van der Waals surface area contributed by atoms with Crippen molar-refractivity contribution in [2.45, 2.75) is 31.2 Å². The van der Waals surface area contributed by atoms with Crippen LogP contribution in [-0.2, 0) is 4.79 Å². The first-order valence-electron chi connectivity index (χ1n) is 5.54. The van der Waals surface area contributed by atoms with Crippen LogP contribution in [0.5, 0.6) is 0 Å². The lowest BCUT2D eigenvalue weighted by Crippen LogP contribution is -2.43. The standard InChI is InChI=1S/C10H15ClN4O2/c1-6(11)9-13-14-10(17-9)12-7-3-4-8(16)15(2)5-7/h6-7H,3-5H2,1-2H3,(H,12,14). The van der Waals surface area contributed by atoms with E-state index < -0.39 is 0 Å². The number of nitrogens with zero attached hydrogens (tertiary/aromatic N) is 3. The molecule has 1 aliphatic heterocycles. The lowest BCUT2D eigenvalue weighted by Gasteiger charge is -2.29. The molecule has 2 rings (SSSR count). The fraction of sp³-hybridized carbons (Fsp3) is 0.700. The SMILES string of the molecule is CC(Cl)c1nnc(NC2CCC(=O)N(C)C2)o1. The van der Waals surface area contributed by atoms with Crippen molar-refractivity contribution in [3.63, 3.8) is 0 Å². The van der Waals surface area contributed by atoms with Crippen molar-refractivity contribution < 1.29 is 9.21 Å².